The molecule has 7 heteroatoms. The standard InChI is InChI=1S/C25H24N4O2S/c1-16(2)26-23(30)15-32-22-13-6-3-10-19(22)25(31)27-18-9-7-8-17(14-18)24-28-20-11-4-5-12-21(20)29-24/h3-14,16H,15H2,1-2H3,(H,26,30)(H,27,31)(H,28,29). The molecule has 0 aliphatic carbocycles. The molecule has 6 nitrogen and oxygen atoms in total. The van der Waals surface area contributed by atoms with E-state index in [1.165, 1.54) is 11.8 Å². The molecule has 32 heavy (non-hydrogen) atoms. The van der Waals surface area contributed by atoms with Gasteiger partial charge in [-0.15, -0.1) is 11.8 Å². The van der Waals surface area contributed by atoms with Crippen molar-refractivity contribution >= 4 is 40.3 Å². The van der Waals surface area contributed by atoms with Gasteiger partial charge < -0.3 is 15.6 Å². The number of rotatable bonds is 7. The number of anilines is 1. The lowest BCUT2D eigenvalue weighted by molar-refractivity contribution is -0.119. The van der Waals surface area contributed by atoms with Crippen LogP contribution in [0.2, 0.25) is 0 Å². The van der Waals surface area contributed by atoms with E-state index in [0.29, 0.717) is 11.3 Å². The first-order chi connectivity index (χ1) is 15.5. The number of nitrogens with zero attached hydrogens (tertiary/aromatic N) is 1. The van der Waals surface area contributed by atoms with Crippen LogP contribution in [0.3, 0.4) is 0 Å². The van der Waals surface area contributed by atoms with Gasteiger partial charge >= 0.3 is 0 Å². The third-order valence-corrected chi connectivity index (χ3v) is 5.80. The number of amides is 2. The summed E-state index contributed by atoms with van der Waals surface area (Å²) in [5.41, 5.74) is 3.94. The summed E-state index contributed by atoms with van der Waals surface area (Å²) in [6, 6.07) is 22.8. The first-order valence-electron chi connectivity index (χ1n) is 10.4. The lowest BCUT2D eigenvalue weighted by Crippen LogP contribution is -2.31. The predicted octanol–water partition coefficient (Wildman–Crippen LogP) is 5.10. The monoisotopic (exact) mass is 444 g/mol. The third kappa shape index (κ3) is 5.18. The Balaban J connectivity index is 1.50. The first-order valence-corrected chi connectivity index (χ1v) is 11.4. The third-order valence-electron chi connectivity index (χ3n) is 4.72. The molecule has 2 amide bonds. The number of para-hydroxylation sites is 2. The average Bonchev–Trinajstić information content (AvgIpc) is 3.22. The average molecular weight is 445 g/mol. The number of aromatic amines is 1. The van der Waals surface area contributed by atoms with Gasteiger partial charge in [-0.3, -0.25) is 9.59 Å². The zero-order valence-electron chi connectivity index (χ0n) is 17.9. The van der Waals surface area contributed by atoms with Crippen molar-refractivity contribution in [2.24, 2.45) is 0 Å². The number of carbonyl (C=O) groups excluding carboxylic acids is 2. The second-order valence-electron chi connectivity index (χ2n) is 7.64. The van der Waals surface area contributed by atoms with Crippen molar-refractivity contribution < 1.29 is 9.59 Å². The Morgan fingerprint density at radius 1 is 1.00 bits per heavy atom. The molecule has 0 saturated carbocycles. The van der Waals surface area contributed by atoms with E-state index in [1.807, 2.05) is 80.6 Å². The highest BCUT2D eigenvalue weighted by molar-refractivity contribution is 8.00. The van der Waals surface area contributed by atoms with E-state index >= 15 is 0 Å². The van der Waals surface area contributed by atoms with Crippen molar-refractivity contribution in [3.63, 3.8) is 0 Å². The molecule has 0 aliphatic heterocycles. The van der Waals surface area contributed by atoms with E-state index in [0.717, 1.165) is 27.3 Å². The number of carbonyl (C=O) groups is 2. The van der Waals surface area contributed by atoms with Crippen molar-refractivity contribution in [3.05, 3.63) is 78.4 Å². The van der Waals surface area contributed by atoms with E-state index in [9.17, 15) is 9.59 Å². The number of hydrogen-bond donors (Lipinski definition) is 3. The van der Waals surface area contributed by atoms with Crippen LogP contribution in [0.15, 0.2) is 77.7 Å². The summed E-state index contributed by atoms with van der Waals surface area (Å²) in [7, 11) is 0. The number of hydrogen-bond acceptors (Lipinski definition) is 4. The maximum atomic E-state index is 13.0. The number of H-pyrrole nitrogens is 1. The molecule has 0 unspecified atom stereocenters. The van der Waals surface area contributed by atoms with Crippen LogP contribution in [0, 0.1) is 0 Å². The molecule has 0 atom stereocenters. The zero-order valence-corrected chi connectivity index (χ0v) is 18.7. The maximum absolute atomic E-state index is 13.0. The van der Waals surface area contributed by atoms with Crippen molar-refractivity contribution in [3.8, 4) is 11.4 Å². The van der Waals surface area contributed by atoms with Gasteiger partial charge in [0.25, 0.3) is 5.91 Å². The Morgan fingerprint density at radius 3 is 2.59 bits per heavy atom. The van der Waals surface area contributed by atoms with Crippen LogP contribution in [0.25, 0.3) is 22.4 Å². The molecule has 3 N–H and O–H groups in total. The summed E-state index contributed by atoms with van der Waals surface area (Å²) < 4.78 is 0. The van der Waals surface area contributed by atoms with Gasteiger partial charge in [-0.25, -0.2) is 4.98 Å². The van der Waals surface area contributed by atoms with Crippen LogP contribution in [-0.2, 0) is 4.79 Å². The Morgan fingerprint density at radius 2 is 1.78 bits per heavy atom. The van der Waals surface area contributed by atoms with Gasteiger partial charge in [0.1, 0.15) is 5.82 Å². The molecule has 3 aromatic carbocycles. The minimum Gasteiger partial charge on any atom is -0.353 e. The van der Waals surface area contributed by atoms with Crippen LogP contribution in [0.1, 0.15) is 24.2 Å². The fraction of sp³-hybridized carbons (Fsp3) is 0.160. The number of thioether (sulfide) groups is 1. The largest absolute Gasteiger partial charge is 0.353 e. The van der Waals surface area contributed by atoms with Crippen molar-refractivity contribution in [2.75, 3.05) is 11.1 Å². The van der Waals surface area contributed by atoms with Crippen LogP contribution in [0.5, 0.6) is 0 Å². The summed E-state index contributed by atoms with van der Waals surface area (Å²) in [6.07, 6.45) is 0. The van der Waals surface area contributed by atoms with Crippen LogP contribution in [0.4, 0.5) is 5.69 Å². The summed E-state index contributed by atoms with van der Waals surface area (Å²) in [5, 5.41) is 5.83. The van der Waals surface area contributed by atoms with Crippen molar-refractivity contribution in [2.45, 2.75) is 24.8 Å². The Labute approximate surface area is 190 Å². The molecule has 1 aromatic heterocycles. The highest BCUT2D eigenvalue weighted by Gasteiger charge is 2.14. The van der Waals surface area contributed by atoms with Crippen LogP contribution >= 0.6 is 11.8 Å². The summed E-state index contributed by atoms with van der Waals surface area (Å²) in [6.45, 7) is 3.84. The van der Waals surface area contributed by atoms with Gasteiger partial charge in [-0.05, 0) is 50.2 Å². The lowest BCUT2D eigenvalue weighted by Gasteiger charge is -2.11. The van der Waals surface area contributed by atoms with Gasteiger partial charge in [0.15, 0.2) is 0 Å². The van der Waals surface area contributed by atoms with Gasteiger partial charge in [-0.2, -0.15) is 0 Å². The van der Waals surface area contributed by atoms with Crippen molar-refractivity contribution in [1.29, 1.82) is 0 Å². The highest BCUT2D eigenvalue weighted by Crippen LogP contribution is 2.26. The SMILES string of the molecule is CC(C)NC(=O)CSc1ccccc1C(=O)Nc1cccc(-c2nc3ccccc3[nH]2)c1. The first kappa shape index (κ1) is 21.6. The second kappa shape index (κ2) is 9.70. The smallest absolute Gasteiger partial charge is 0.256 e. The molecule has 1 heterocycles. The lowest BCUT2D eigenvalue weighted by atomic mass is 10.1. The fourth-order valence-corrected chi connectivity index (χ4v) is 4.18. The topological polar surface area (TPSA) is 86.9 Å². The van der Waals surface area contributed by atoms with E-state index in [2.05, 4.69) is 20.6 Å². The van der Waals surface area contributed by atoms with Crippen LogP contribution < -0.4 is 10.6 Å². The minimum absolute atomic E-state index is 0.0567. The number of aromatic nitrogens is 2. The van der Waals surface area contributed by atoms with E-state index in [4.69, 9.17) is 0 Å². The highest BCUT2D eigenvalue weighted by atomic mass is 32.2. The Kier molecular flexibility index (Phi) is 6.56. The number of benzene rings is 3. The van der Waals surface area contributed by atoms with Gasteiger partial charge in [0.2, 0.25) is 5.91 Å². The molecule has 0 aliphatic rings. The number of fused-ring (bicyclic) bond motifs is 1. The molecule has 0 radical (unpaired) electrons. The number of imidazole rings is 1. The molecule has 4 rings (SSSR count). The summed E-state index contributed by atoms with van der Waals surface area (Å²) in [5.74, 6) is 0.719. The zero-order chi connectivity index (χ0) is 22.5. The molecule has 162 valence electrons. The van der Waals surface area contributed by atoms with Gasteiger partial charge in [0, 0.05) is 22.2 Å². The van der Waals surface area contributed by atoms with Gasteiger partial charge in [-0.1, -0.05) is 36.4 Å². The van der Waals surface area contributed by atoms with Crippen molar-refractivity contribution in [1.82, 2.24) is 15.3 Å². The summed E-state index contributed by atoms with van der Waals surface area (Å²) in [4.78, 5) is 33.7. The summed E-state index contributed by atoms with van der Waals surface area (Å²) >= 11 is 1.35. The van der Waals surface area contributed by atoms with E-state index < -0.39 is 0 Å². The quantitative estimate of drug-likeness (QED) is 0.346. The Hall–Kier alpha value is -3.58. The molecular formula is C25H24N4O2S. The van der Waals surface area contributed by atoms with E-state index in [-0.39, 0.29) is 23.6 Å². The number of nitrogens with one attached hydrogen (secondary N) is 3. The minimum atomic E-state index is -0.223. The predicted molar refractivity (Wildman–Crippen MR) is 130 cm³/mol. The van der Waals surface area contributed by atoms with E-state index in [1.54, 1.807) is 6.07 Å². The molecule has 4 aromatic rings. The molecule has 0 bridgehead atoms. The molecule has 0 fully saturated rings. The molecular weight excluding hydrogens is 420 g/mol. The maximum Gasteiger partial charge on any atom is 0.256 e. The van der Waals surface area contributed by atoms with Gasteiger partial charge in [0.05, 0.1) is 22.3 Å². The van der Waals surface area contributed by atoms with Crippen LogP contribution in [-0.4, -0.2) is 33.6 Å². The second-order valence-corrected chi connectivity index (χ2v) is 8.66. The molecule has 0 saturated heterocycles. The fourth-order valence-electron chi connectivity index (χ4n) is 3.32. The normalized spacial score (nSPS) is 11.0. The molecule has 0 spiro atoms. The Bertz CT molecular complexity index is 1230.